The van der Waals surface area contributed by atoms with Crippen LogP contribution in [-0.4, -0.2) is 36.7 Å². The topological polar surface area (TPSA) is 41.6 Å². The van der Waals surface area contributed by atoms with Crippen molar-refractivity contribution in [3.8, 4) is 10.4 Å². The van der Waals surface area contributed by atoms with Gasteiger partial charge in [0.1, 0.15) is 11.9 Å². The largest absolute Gasteiger partial charge is 0.444 e. The fraction of sp³-hybridized carbons (Fsp3) is 0.389. The number of benzene rings is 1. The zero-order chi connectivity index (χ0) is 16.5. The van der Waals surface area contributed by atoms with Crippen LogP contribution >= 0.6 is 23.7 Å². The molecule has 25 heavy (non-hydrogen) atoms. The third kappa shape index (κ3) is 3.81. The fourth-order valence-corrected chi connectivity index (χ4v) is 4.46. The molecule has 134 valence electrons. The molecule has 4 heterocycles. The van der Waals surface area contributed by atoms with E-state index in [1.165, 1.54) is 17.4 Å². The Morgan fingerprint density at radius 1 is 1.24 bits per heavy atom. The fourth-order valence-electron chi connectivity index (χ4n) is 3.58. The van der Waals surface area contributed by atoms with Crippen molar-refractivity contribution in [1.29, 1.82) is 0 Å². The maximum absolute atomic E-state index is 14.0. The summed E-state index contributed by atoms with van der Waals surface area (Å²) in [4.78, 5) is 15.3. The van der Waals surface area contributed by atoms with Crippen LogP contribution in [0.3, 0.4) is 0 Å². The second-order valence-corrected chi connectivity index (χ2v) is 7.27. The number of anilines is 1. The highest BCUT2D eigenvalue weighted by Gasteiger charge is 2.36. The lowest BCUT2D eigenvalue weighted by atomic mass is 9.86. The first-order chi connectivity index (χ1) is 11.7. The molecule has 3 saturated heterocycles. The van der Waals surface area contributed by atoms with E-state index in [1.54, 1.807) is 24.3 Å². The molecule has 1 amide bonds. The van der Waals surface area contributed by atoms with Crippen LogP contribution in [-0.2, 0) is 4.74 Å². The Kier molecular flexibility index (Phi) is 5.61. The number of rotatable bonds is 3. The molecule has 4 nitrogen and oxygen atoms in total. The molecule has 1 unspecified atom stereocenters. The highest BCUT2D eigenvalue weighted by molar-refractivity contribution is 7.14. The number of halogens is 2. The van der Waals surface area contributed by atoms with Crippen molar-refractivity contribution in [1.82, 2.24) is 4.90 Å². The van der Waals surface area contributed by atoms with Crippen LogP contribution in [0, 0.1) is 11.7 Å². The second kappa shape index (κ2) is 7.72. The van der Waals surface area contributed by atoms with Crippen molar-refractivity contribution in [3.63, 3.8) is 0 Å². The molecule has 2 bridgehead atoms. The van der Waals surface area contributed by atoms with Gasteiger partial charge in [0, 0.05) is 12.1 Å². The molecule has 2 aromatic rings. The van der Waals surface area contributed by atoms with Crippen LogP contribution in [0.2, 0.25) is 0 Å². The Morgan fingerprint density at radius 2 is 2.00 bits per heavy atom. The number of piperidine rings is 3. The molecular weight excluding hydrogens is 363 g/mol. The van der Waals surface area contributed by atoms with Gasteiger partial charge in [-0.1, -0.05) is 18.2 Å². The van der Waals surface area contributed by atoms with E-state index in [1.807, 2.05) is 5.38 Å². The van der Waals surface area contributed by atoms with Crippen molar-refractivity contribution in [3.05, 3.63) is 41.5 Å². The molecule has 1 aromatic heterocycles. The minimum atomic E-state index is -0.454. The summed E-state index contributed by atoms with van der Waals surface area (Å²) in [5, 5.41) is 4.63. The van der Waals surface area contributed by atoms with E-state index < -0.39 is 6.09 Å². The first-order valence-corrected chi connectivity index (χ1v) is 9.11. The number of fused-ring (bicyclic) bond motifs is 3. The lowest BCUT2D eigenvalue weighted by molar-refractivity contribution is -0.0289. The standard InChI is InChI=1S/C18H19FN2O2S.ClH/c19-14-4-2-1-3-13(14)17-15(7-10-24-17)20-18(22)23-16-11-21-8-5-12(16)6-9-21;/h1-4,7,10,12,16H,5-6,8-9,11H2,(H,20,22);1H. The second-order valence-electron chi connectivity index (χ2n) is 6.35. The summed E-state index contributed by atoms with van der Waals surface area (Å²) in [6, 6.07) is 8.36. The summed E-state index contributed by atoms with van der Waals surface area (Å²) >= 11 is 1.40. The Labute approximate surface area is 156 Å². The Morgan fingerprint density at radius 3 is 2.68 bits per heavy atom. The molecule has 0 saturated carbocycles. The van der Waals surface area contributed by atoms with E-state index in [-0.39, 0.29) is 24.3 Å². The first-order valence-electron chi connectivity index (χ1n) is 8.23. The summed E-state index contributed by atoms with van der Waals surface area (Å²) < 4.78 is 19.6. The third-order valence-corrected chi connectivity index (χ3v) is 5.82. The average Bonchev–Trinajstić information content (AvgIpc) is 3.04. The first kappa shape index (κ1) is 18.2. The molecule has 3 aliphatic rings. The van der Waals surface area contributed by atoms with E-state index >= 15 is 0 Å². The lowest BCUT2D eigenvalue weighted by Crippen LogP contribution is -2.52. The van der Waals surface area contributed by atoms with Gasteiger partial charge in [-0.05, 0) is 49.4 Å². The van der Waals surface area contributed by atoms with Gasteiger partial charge < -0.3 is 4.74 Å². The summed E-state index contributed by atoms with van der Waals surface area (Å²) in [7, 11) is 0. The van der Waals surface area contributed by atoms with Crippen molar-refractivity contribution < 1.29 is 13.9 Å². The molecule has 0 radical (unpaired) electrons. The molecule has 7 heteroatoms. The van der Waals surface area contributed by atoms with Crippen LogP contribution in [0.5, 0.6) is 0 Å². The van der Waals surface area contributed by atoms with Gasteiger partial charge in [-0.15, -0.1) is 23.7 Å². The van der Waals surface area contributed by atoms with Crippen LogP contribution in [0.25, 0.3) is 10.4 Å². The minimum Gasteiger partial charge on any atom is -0.444 e. The highest BCUT2D eigenvalue weighted by Crippen LogP contribution is 2.35. The van der Waals surface area contributed by atoms with Crippen molar-refractivity contribution in [2.24, 2.45) is 5.92 Å². The van der Waals surface area contributed by atoms with E-state index in [9.17, 15) is 9.18 Å². The number of carbonyl (C=O) groups excluding carboxylic acids is 1. The van der Waals surface area contributed by atoms with Crippen LogP contribution < -0.4 is 5.32 Å². The molecule has 0 aliphatic carbocycles. The maximum Gasteiger partial charge on any atom is 0.411 e. The monoisotopic (exact) mass is 382 g/mol. The van der Waals surface area contributed by atoms with Gasteiger partial charge in [-0.2, -0.15) is 0 Å². The SMILES string of the molecule is Cl.O=C(Nc1ccsc1-c1ccccc1F)OC1CN2CCC1CC2. The number of ether oxygens (including phenoxy) is 1. The highest BCUT2D eigenvalue weighted by atomic mass is 35.5. The summed E-state index contributed by atoms with van der Waals surface area (Å²) in [5.74, 6) is 0.169. The van der Waals surface area contributed by atoms with E-state index in [2.05, 4.69) is 10.2 Å². The van der Waals surface area contributed by atoms with Crippen LogP contribution in [0.4, 0.5) is 14.9 Å². The predicted molar refractivity (Wildman–Crippen MR) is 100 cm³/mol. The number of hydrogen-bond donors (Lipinski definition) is 1. The average molecular weight is 383 g/mol. The summed E-state index contributed by atoms with van der Waals surface area (Å²) in [6.45, 7) is 3.03. The summed E-state index contributed by atoms with van der Waals surface area (Å²) in [6.07, 6.45) is 1.70. The molecule has 1 atom stereocenters. The van der Waals surface area contributed by atoms with E-state index in [0.29, 0.717) is 22.0 Å². The molecule has 5 rings (SSSR count). The van der Waals surface area contributed by atoms with Crippen molar-refractivity contribution in [2.75, 3.05) is 25.0 Å². The number of hydrogen-bond acceptors (Lipinski definition) is 4. The maximum atomic E-state index is 14.0. The van der Waals surface area contributed by atoms with E-state index in [0.717, 1.165) is 32.5 Å². The molecule has 1 aromatic carbocycles. The zero-order valence-electron chi connectivity index (χ0n) is 13.6. The zero-order valence-corrected chi connectivity index (χ0v) is 15.2. The predicted octanol–water partition coefficient (Wildman–Crippen LogP) is 4.62. The van der Waals surface area contributed by atoms with Gasteiger partial charge in [-0.3, -0.25) is 10.2 Å². The van der Waals surface area contributed by atoms with Gasteiger partial charge in [0.15, 0.2) is 0 Å². The van der Waals surface area contributed by atoms with Gasteiger partial charge in [0.05, 0.1) is 10.6 Å². The minimum absolute atomic E-state index is 0. The third-order valence-electron chi connectivity index (χ3n) is 4.88. The van der Waals surface area contributed by atoms with Gasteiger partial charge >= 0.3 is 6.09 Å². The molecular formula is C18H20ClFN2O2S. The number of amides is 1. The summed E-state index contributed by atoms with van der Waals surface area (Å²) in [5.41, 5.74) is 1.09. The van der Waals surface area contributed by atoms with Crippen molar-refractivity contribution >= 4 is 35.5 Å². The molecule has 0 spiro atoms. The molecule has 3 aliphatic heterocycles. The van der Waals surface area contributed by atoms with Crippen molar-refractivity contribution in [2.45, 2.75) is 18.9 Å². The molecule has 1 N–H and O–H groups in total. The van der Waals surface area contributed by atoms with E-state index in [4.69, 9.17) is 4.74 Å². The lowest BCUT2D eigenvalue weighted by Gasteiger charge is -2.43. The smallest absolute Gasteiger partial charge is 0.411 e. The Hall–Kier alpha value is -1.63. The number of thiophene rings is 1. The van der Waals surface area contributed by atoms with Crippen LogP contribution in [0.15, 0.2) is 35.7 Å². The Balaban J connectivity index is 0.00000182. The van der Waals surface area contributed by atoms with Crippen LogP contribution in [0.1, 0.15) is 12.8 Å². The number of nitrogens with one attached hydrogen (secondary N) is 1. The quantitative estimate of drug-likeness (QED) is 0.842. The molecule has 3 fully saturated rings. The number of carbonyl (C=O) groups is 1. The van der Waals surface area contributed by atoms with Gasteiger partial charge in [0.25, 0.3) is 0 Å². The van der Waals surface area contributed by atoms with Gasteiger partial charge in [-0.25, -0.2) is 9.18 Å². The Bertz CT molecular complexity index is 746. The normalized spacial score (nSPS) is 24.4. The number of nitrogens with zero attached hydrogens (tertiary/aromatic N) is 1. The van der Waals surface area contributed by atoms with Gasteiger partial charge in [0.2, 0.25) is 0 Å².